The van der Waals surface area contributed by atoms with Gasteiger partial charge >= 0.3 is 0 Å². The Bertz CT molecular complexity index is 832. The molecule has 122 valence electrons. The molecule has 2 aromatic rings. The molecular formula is C18H18N4O2. The number of nitrogens with one attached hydrogen (secondary N) is 2. The van der Waals surface area contributed by atoms with Gasteiger partial charge in [0.1, 0.15) is 29.7 Å². The van der Waals surface area contributed by atoms with Crippen LogP contribution in [0.15, 0.2) is 24.3 Å². The van der Waals surface area contributed by atoms with Crippen molar-refractivity contribution in [3.05, 3.63) is 46.9 Å². The van der Waals surface area contributed by atoms with Crippen LogP contribution < -0.4 is 15.4 Å². The lowest BCUT2D eigenvalue weighted by molar-refractivity contribution is 0.0940. The lowest BCUT2D eigenvalue weighted by Gasteiger charge is -2.22. The van der Waals surface area contributed by atoms with Crippen LogP contribution in [-0.2, 0) is 6.42 Å². The first-order valence-corrected chi connectivity index (χ1v) is 8.47. The molecule has 1 aromatic heterocycles. The lowest BCUT2D eigenvalue weighted by Crippen LogP contribution is -2.34. The van der Waals surface area contributed by atoms with E-state index in [4.69, 9.17) is 9.72 Å². The molecule has 1 aromatic carbocycles. The van der Waals surface area contributed by atoms with E-state index in [0.717, 1.165) is 47.8 Å². The molecule has 1 saturated carbocycles. The fourth-order valence-electron chi connectivity index (χ4n) is 3.40. The van der Waals surface area contributed by atoms with Crippen LogP contribution in [0.2, 0.25) is 0 Å². The number of fused-ring (bicyclic) bond motifs is 2. The van der Waals surface area contributed by atoms with E-state index in [1.165, 1.54) is 0 Å². The third-order valence-corrected chi connectivity index (χ3v) is 4.85. The van der Waals surface area contributed by atoms with Gasteiger partial charge in [0.25, 0.3) is 5.91 Å². The summed E-state index contributed by atoms with van der Waals surface area (Å²) in [4.78, 5) is 21.5. The van der Waals surface area contributed by atoms with Gasteiger partial charge in [-0.3, -0.25) is 4.79 Å². The summed E-state index contributed by atoms with van der Waals surface area (Å²) >= 11 is 0. The monoisotopic (exact) mass is 322 g/mol. The van der Waals surface area contributed by atoms with E-state index in [-0.39, 0.29) is 11.9 Å². The molecule has 1 amide bonds. The molecule has 0 spiro atoms. The van der Waals surface area contributed by atoms with E-state index < -0.39 is 0 Å². The average molecular weight is 322 g/mol. The maximum atomic E-state index is 12.2. The van der Waals surface area contributed by atoms with E-state index in [1.807, 2.05) is 18.2 Å². The number of para-hydroxylation sites is 1. The normalized spacial score (nSPS) is 21.5. The minimum absolute atomic E-state index is 0.0530. The summed E-state index contributed by atoms with van der Waals surface area (Å²) in [5, 5.41) is 6.39. The van der Waals surface area contributed by atoms with Crippen LogP contribution in [0.5, 0.6) is 5.75 Å². The molecule has 1 fully saturated rings. The Hall–Kier alpha value is -2.63. The highest BCUT2D eigenvalue weighted by Gasteiger charge is 2.32. The van der Waals surface area contributed by atoms with Crippen LogP contribution in [0.25, 0.3) is 0 Å². The Morgan fingerprint density at radius 3 is 2.96 bits per heavy atom. The molecule has 6 heteroatoms. The highest BCUT2D eigenvalue weighted by atomic mass is 16.5. The average Bonchev–Trinajstić information content (AvgIpc) is 3.38. The molecule has 2 aliphatic heterocycles. The number of aromatic nitrogens is 2. The number of carbonyl (C=O) groups is 1. The summed E-state index contributed by atoms with van der Waals surface area (Å²) in [5.74, 6) is 2.81. The van der Waals surface area contributed by atoms with E-state index in [2.05, 4.69) is 21.7 Å². The minimum atomic E-state index is -0.0910. The number of ether oxygens (including phenoxy) is 1. The fourth-order valence-corrected chi connectivity index (χ4v) is 3.40. The van der Waals surface area contributed by atoms with Crippen LogP contribution >= 0.6 is 0 Å². The van der Waals surface area contributed by atoms with Gasteiger partial charge in [-0.15, -0.1) is 0 Å². The van der Waals surface area contributed by atoms with Crippen molar-refractivity contribution in [1.82, 2.24) is 15.3 Å². The smallest absolute Gasteiger partial charge is 0.270 e. The van der Waals surface area contributed by atoms with Crippen molar-refractivity contribution in [3.8, 4) is 5.75 Å². The predicted octanol–water partition coefficient (Wildman–Crippen LogP) is 2.19. The van der Waals surface area contributed by atoms with Gasteiger partial charge in [0.15, 0.2) is 0 Å². The third-order valence-electron chi connectivity index (χ3n) is 4.85. The van der Waals surface area contributed by atoms with E-state index in [0.29, 0.717) is 24.8 Å². The zero-order valence-corrected chi connectivity index (χ0v) is 13.2. The third kappa shape index (κ3) is 2.21. The standard InChI is InChI=1S/C18H18N4O2/c23-18-15-12(7-8-19-18)17(22-16(21-15)10-5-6-10)20-13-9-24-14-4-2-1-3-11(13)14/h1-4,10,13H,5-9H2,(H,19,23)(H,20,21,22). The van der Waals surface area contributed by atoms with Crippen molar-refractivity contribution in [3.63, 3.8) is 0 Å². The zero-order valence-electron chi connectivity index (χ0n) is 13.2. The van der Waals surface area contributed by atoms with Gasteiger partial charge in [-0.25, -0.2) is 9.97 Å². The largest absolute Gasteiger partial charge is 0.491 e. The van der Waals surface area contributed by atoms with Crippen LogP contribution in [0.4, 0.5) is 5.82 Å². The number of benzene rings is 1. The molecule has 24 heavy (non-hydrogen) atoms. The first-order chi connectivity index (χ1) is 11.8. The first kappa shape index (κ1) is 13.8. The number of rotatable bonds is 3. The molecule has 1 atom stereocenters. The van der Waals surface area contributed by atoms with Gasteiger partial charge in [-0.2, -0.15) is 0 Å². The number of hydrogen-bond donors (Lipinski definition) is 2. The van der Waals surface area contributed by atoms with Crippen LogP contribution in [0.1, 0.15) is 52.2 Å². The van der Waals surface area contributed by atoms with Crippen LogP contribution in [-0.4, -0.2) is 29.0 Å². The molecule has 1 aliphatic carbocycles. The van der Waals surface area contributed by atoms with E-state index in [1.54, 1.807) is 0 Å². The molecule has 0 saturated heterocycles. The molecule has 2 N–H and O–H groups in total. The van der Waals surface area contributed by atoms with E-state index >= 15 is 0 Å². The minimum Gasteiger partial charge on any atom is -0.491 e. The zero-order chi connectivity index (χ0) is 16.1. The van der Waals surface area contributed by atoms with Gasteiger partial charge < -0.3 is 15.4 Å². The van der Waals surface area contributed by atoms with Crippen LogP contribution in [0.3, 0.4) is 0 Å². The van der Waals surface area contributed by atoms with Gasteiger partial charge in [0.05, 0.1) is 6.04 Å². The molecule has 0 bridgehead atoms. The quantitative estimate of drug-likeness (QED) is 0.906. The second-order valence-corrected chi connectivity index (χ2v) is 6.58. The Morgan fingerprint density at radius 2 is 2.08 bits per heavy atom. The number of amides is 1. The van der Waals surface area contributed by atoms with Crippen molar-refractivity contribution in [1.29, 1.82) is 0 Å². The Kier molecular flexibility index (Phi) is 2.98. The SMILES string of the molecule is O=C1NCCc2c(NC3COc4ccccc43)nc(C3CC3)nc21. The number of hydrogen-bond acceptors (Lipinski definition) is 5. The molecular weight excluding hydrogens is 304 g/mol. The molecule has 5 rings (SSSR count). The molecule has 6 nitrogen and oxygen atoms in total. The summed E-state index contributed by atoms with van der Waals surface area (Å²) in [5.41, 5.74) is 2.60. The van der Waals surface area contributed by atoms with Crippen molar-refractivity contribution >= 4 is 11.7 Å². The van der Waals surface area contributed by atoms with Crippen molar-refractivity contribution in [2.45, 2.75) is 31.2 Å². The molecule has 1 unspecified atom stereocenters. The Balaban J connectivity index is 1.54. The Morgan fingerprint density at radius 1 is 1.21 bits per heavy atom. The second-order valence-electron chi connectivity index (χ2n) is 6.58. The first-order valence-electron chi connectivity index (χ1n) is 8.47. The fraction of sp³-hybridized carbons (Fsp3) is 0.389. The van der Waals surface area contributed by atoms with E-state index in [9.17, 15) is 4.79 Å². The van der Waals surface area contributed by atoms with Crippen LogP contribution in [0, 0.1) is 0 Å². The maximum Gasteiger partial charge on any atom is 0.270 e. The highest BCUT2D eigenvalue weighted by Crippen LogP contribution is 2.40. The second kappa shape index (κ2) is 5.19. The molecule has 3 heterocycles. The van der Waals surface area contributed by atoms with Crippen molar-refractivity contribution < 1.29 is 9.53 Å². The Labute approximate surface area is 139 Å². The van der Waals surface area contributed by atoms with Gasteiger partial charge in [0, 0.05) is 23.6 Å². The highest BCUT2D eigenvalue weighted by molar-refractivity contribution is 5.96. The summed E-state index contributed by atoms with van der Waals surface area (Å²) < 4.78 is 5.75. The van der Waals surface area contributed by atoms with Gasteiger partial charge in [-0.05, 0) is 25.3 Å². The van der Waals surface area contributed by atoms with Gasteiger partial charge in [-0.1, -0.05) is 18.2 Å². The molecule has 0 radical (unpaired) electrons. The summed E-state index contributed by atoms with van der Waals surface area (Å²) in [7, 11) is 0. The van der Waals surface area contributed by atoms with Crippen molar-refractivity contribution in [2.75, 3.05) is 18.5 Å². The summed E-state index contributed by atoms with van der Waals surface area (Å²) in [6.07, 6.45) is 2.97. The number of nitrogens with zero attached hydrogens (tertiary/aromatic N) is 2. The predicted molar refractivity (Wildman–Crippen MR) is 88.3 cm³/mol. The summed E-state index contributed by atoms with van der Waals surface area (Å²) in [6.45, 7) is 1.20. The maximum absolute atomic E-state index is 12.2. The number of carbonyl (C=O) groups excluding carboxylic acids is 1. The molecule has 3 aliphatic rings. The lowest BCUT2D eigenvalue weighted by atomic mass is 10.0. The number of anilines is 1. The van der Waals surface area contributed by atoms with Crippen molar-refractivity contribution in [2.24, 2.45) is 0 Å². The topological polar surface area (TPSA) is 76.1 Å². The van der Waals surface area contributed by atoms with Gasteiger partial charge in [0.2, 0.25) is 0 Å². The summed E-state index contributed by atoms with van der Waals surface area (Å²) in [6, 6.07) is 8.10.